The van der Waals surface area contributed by atoms with Gasteiger partial charge in [-0.25, -0.2) is 0 Å². The van der Waals surface area contributed by atoms with Crippen LogP contribution in [0, 0.1) is 41.5 Å². The van der Waals surface area contributed by atoms with Gasteiger partial charge in [-0.05, 0) is 171 Å². The molecule has 2 aliphatic heterocycles. The van der Waals surface area contributed by atoms with Gasteiger partial charge in [0.25, 0.3) is 0 Å². The number of hydrogen-bond acceptors (Lipinski definition) is 3. The Hall–Kier alpha value is -2.99. The normalized spacial score (nSPS) is 19.6. The number of likely N-dealkylation sites (tertiary alicyclic amines) is 1. The fourth-order valence-corrected chi connectivity index (χ4v) is 9.92. The van der Waals surface area contributed by atoms with Gasteiger partial charge in [0.1, 0.15) is 0 Å². The minimum atomic E-state index is 0. The molecule has 2 aliphatic carbocycles. The Morgan fingerprint density at radius 1 is 0.593 bits per heavy atom. The van der Waals surface area contributed by atoms with Crippen LogP contribution < -0.4 is 10.6 Å². The Morgan fingerprint density at radius 2 is 1.04 bits per heavy atom. The molecule has 0 spiro atoms. The van der Waals surface area contributed by atoms with Gasteiger partial charge in [-0.2, -0.15) is 0 Å². The van der Waals surface area contributed by atoms with Gasteiger partial charge in [-0.3, -0.25) is 4.79 Å². The Balaban J connectivity index is 0.000000182. The third-order valence-corrected chi connectivity index (χ3v) is 13.3. The molecule has 2 saturated heterocycles. The van der Waals surface area contributed by atoms with Crippen LogP contribution >= 0.6 is 0 Å². The van der Waals surface area contributed by atoms with Crippen molar-refractivity contribution in [3.05, 3.63) is 133 Å². The molecule has 8 rings (SSSR count). The largest absolute Gasteiger partial charge is 0.662 e. The van der Waals surface area contributed by atoms with E-state index in [9.17, 15) is 4.79 Å². The molecule has 4 aliphatic rings. The van der Waals surface area contributed by atoms with Crippen LogP contribution in [-0.2, 0) is 50.3 Å². The first-order valence-electron chi connectivity index (χ1n) is 20.4. The molecule has 2 unspecified atom stereocenters. The van der Waals surface area contributed by atoms with Crippen LogP contribution in [0.25, 0.3) is 5.32 Å². The summed E-state index contributed by atoms with van der Waals surface area (Å²) < 4.78 is 0. The van der Waals surface area contributed by atoms with Crippen molar-refractivity contribution in [2.24, 2.45) is 0 Å². The smallest absolute Gasteiger partial charge is 0.219 e. The number of hydrogen-bond donors (Lipinski definition) is 2. The summed E-state index contributed by atoms with van der Waals surface area (Å²) in [6.45, 7) is 19.1. The number of nitrogens with one attached hydrogen (secondary N) is 2. The second-order valence-corrected chi connectivity index (χ2v) is 16.4. The van der Waals surface area contributed by atoms with E-state index in [4.69, 9.17) is 0 Å². The molecule has 2 fully saturated rings. The Morgan fingerprint density at radius 3 is 1.48 bits per heavy atom. The van der Waals surface area contributed by atoms with Crippen LogP contribution in [0.15, 0.2) is 60.7 Å². The zero-order valence-corrected chi connectivity index (χ0v) is 36.8. The fourth-order valence-electron chi connectivity index (χ4n) is 9.92. The number of carbonyl (C=O) groups excluding carboxylic acids is 1. The number of anilines is 2. The summed E-state index contributed by atoms with van der Waals surface area (Å²) in [5.41, 5.74) is 20.1. The van der Waals surface area contributed by atoms with Gasteiger partial charge in [-0.1, -0.05) is 61.4 Å². The van der Waals surface area contributed by atoms with Gasteiger partial charge in [0.2, 0.25) is 5.91 Å². The van der Waals surface area contributed by atoms with Crippen molar-refractivity contribution in [1.29, 1.82) is 0 Å². The fraction of sp³-hybridized carbons (Fsp3) is 0.479. The molecule has 5 nitrogen and oxygen atoms in total. The molecule has 1 amide bonds. The topological polar surface area (TPSA) is 58.5 Å². The van der Waals surface area contributed by atoms with Crippen LogP contribution in [0.1, 0.15) is 136 Å². The van der Waals surface area contributed by atoms with Crippen molar-refractivity contribution in [2.45, 2.75) is 124 Å². The van der Waals surface area contributed by atoms with E-state index in [0.29, 0.717) is 23.9 Å². The number of carbonyl (C=O) groups is 1. The summed E-state index contributed by atoms with van der Waals surface area (Å²) in [6.07, 6.45) is 9.29. The molecule has 4 aromatic rings. The molecule has 54 heavy (non-hydrogen) atoms. The number of nitrogens with zero attached hydrogens (tertiary/aromatic N) is 2. The predicted octanol–water partition coefficient (Wildman–Crippen LogP) is 11.4. The van der Waals surface area contributed by atoms with Gasteiger partial charge in [-0.15, -0.1) is 13.1 Å². The minimum Gasteiger partial charge on any atom is -0.662 e. The number of amides is 1. The molecule has 2 N–H and O–H groups in total. The molecule has 6 heteroatoms. The molecule has 1 radical (unpaired) electrons. The maximum Gasteiger partial charge on any atom is 0.219 e. The quantitative estimate of drug-likeness (QED) is 0.204. The molecular formula is C48H61N4OY-. The third-order valence-electron chi connectivity index (χ3n) is 13.3. The van der Waals surface area contributed by atoms with Crippen molar-refractivity contribution in [2.75, 3.05) is 36.8 Å². The average Bonchev–Trinajstić information content (AvgIpc) is 3.78. The van der Waals surface area contributed by atoms with Gasteiger partial charge in [0.05, 0.1) is 12.1 Å². The maximum absolute atomic E-state index is 11.6. The molecule has 4 aromatic carbocycles. The van der Waals surface area contributed by atoms with Gasteiger partial charge >= 0.3 is 0 Å². The zero-order chi connectivity index (χ0) is 37.2. The van der Waals surface area contributed by atoms with E-state index in [1.807, 2.05) is 4.90 Å². The van der Waals surface area contributed by atoms with Gasteiger partial charge < -0.3 is 20.9 Å². The van der Waals surface area contributed by atoms with Crippen LogP contribution in [0.5, 0.6) is 0 Å². The summed E-state index contributed by atoms with van der Waals surface area (Å²) in [4.78, 5) is 13.6. The summed E-state index contributed by atoms with van der Waals surface area (Å²) in [7, 11) is 0. The van der Waals surface area contributed by atoms with Crippen LogP contribution in [0.2, 0.25) is 0 Å². The van der Waals surface area contributed by atoms with Crippen LogP contribution in [0.3, 0.4) is 0 Å². The summed E-state index contributed by atoms with van der Waals surface area (Å²) >= 11 is 0. The molecular weight excluding hydrogens is 737 g/mol. The first kappa shape index (κ1) is 40.7. The first-order chi connectivity index (χ1) is 25.6. The summed E-state index contributed by atoms with van der Waals surface area (Å²) in [5, 5.41) is 12.2. The van der Waals surface area contributed by atoms with E-state index in [-0.39, 0.29) is 38.6 Å². The summed E-state index contributed by atoms with van der Waals surface area (Å²) in [6, 6.07) is 23.6. The van der Waals surface area contributed by atoms with E-state index in [0.717, 1.165) is 39.0 Å². The van der Waals surface area contributed by atoms with E-state index >= 15 is 0 Å². The standard InChI is InChI=1S/C25H32N2O.C23H29N2.Y/c1-16-6-5-7-21-8-10-24(25(16)21)26-23-11-9-22(17(2)18(23)3)20-12-14-27(15-13-20)19(4)28;1-15-5-4-6-19-7-9-22(23(15)19)25-21-10-8-20(16(2)17(21)3)18-11-13-24-14-12-18;/h5-7,9,11,20,24,26H,8,10,12-15H2,1-4H3;4-6,8,10,18,22,25H,7,9,11-14H2,1-3H3;/q;-1;. The van der Waals surface area contributed by atoms with Crippen molar-refractivity contribution in [3.8, 4) is 0 Å². The third kappa shape index (κ3) is 8.54. The van der Waals surface area contributed by atoms with E-state index in [1.54, 1.807) is 12.5 Å². The Bertz CT molecular complexity index is 1960. The van der Waals surface area contributed by atoms with Crippen molar-refractivity contribution >= 4 is 17.3 Å². The predicted molar refractivity (Wildman–Crippen MR) is 223 cm³/mol. The molecule has 0 aromatic heterocycles. The number of benzene rings is 4. The number of rotatable bonds is 6. The molecule has 2 heterocycles. The number of fused-ring (bicyclic) bond motifs is 2. The van der Waals surface area contributed by atoms with Crippen LogP contribution in [-0.4, -0.2) is 37.0 Å². The van der Waals surface area contributed by atoms with E-state index < -0.39 is 0 Å². The average molecular weight is 799 g/mol. The van der Waals surface area contributed by atoms with Gasteiger partial charge in [0, 0.05) is 64.1 Å². The van der Waals surface area contributed by atoms with Crippen LogP contribution in [0.4, 0.5) is 11.4 Å². The molecule has 283 valence electrons. The van der Waals surface area contributed by atoms with Crippen molar-refractivity contribution in [3.63, 3.8) is 0 Å². The number of aryl methyl sites for hydroxylation is 4. The second-order valence-electron chi connectivity index (χ2n) is 16.4. The second kappa shape index (κ2) is 17.9. The van der Waals surface area contributed by atoms with Crippen molar-refractivity contribution in [1.82, 2.24) is 4.90 Å². The summed E-state index contributed by atoms with van der Waals surface area (Å²) in [5.74, 6) is 1.47. The first-order valence-corrected chi connectivity index (χ1v) is 20.4. The Kier molecular flexibility index (Phi) is 13.5. The number of piperidine rings is 2. The molecule has 0 saturated carbocycles. The Labute approximate surface area is 350 Å². The zero-order valence-electron chi connectivity index (χ0n) is 33.9. The maximum atomic E-state index is 11.6. The molecule has 0 bridgehead atoms. The van der Waals surface area contributed by atoms with Gasteiger partial charge in [0.15, 0.2) is 0 Å². The van der Waals surface area contributed by atoms with Crippen molar-refractivity contribution < 1.29 is 37.5 Å². The minimum absolute atomic E-state index is 0. The van der Waals surface area contributed by atoms with E-state index in [1.165, 1.54) is 111 Å². The SMILES string of the molecule is CC(=O)N1CCC(c2ccc(NC3CCc4cccc(C)c43)c(C)c2C)CC1.Cc1cccc2c1C(Nc1ccc(C3CC[N-]CC3)c(C)c1C)CC2.[Y]. The van der Waals surface area contributed by atoms with E-state index in [2.05, 4.69) is 118 Å². The molecule has 2 atom stereocenters. The monoisotopic (exact) mass is 798 g/mol.